The maximum Gasteiger partial charge on any atom is 0.185 e. The molecule has 1 atom stereocenters. The summed E-state index contributed by atoms with van der Waals surface area (Å²) in [5, 5.41) is 9.06. The quantitative estimate of drug-likeness (QED) is 0.790. The molecule has 1 saturated heterocycles. The van der Waals surface area contributed by atoms with E-state index in [1.54, 1.807) is 11.3 Å². The Bertz CT molecular complexity index is 790. The van der Waals surface area contributed by atoms with Crippen molar-refractivity contribution in [3.63, 3.8) is 0 Å². The van der Waals surface area contributed by atoms with Crippen molar-refractivity contribution < 1.29 is 0 Å². The van der Waals surface area contributed by atoms with Gasteiger partial charge in [0.15, 0.2) is 10.8 Å². The van der Waals surface area contributed by atoms with E-state index in [4.69, 9.17) is 4.98 Å². The average Bonchev–Trinajstić information content (AvgIpc) is 3.10. The summed E-state index contributed by atoms with van der Waals surface area (Å²) in [5.74, 6) is 0. The normalized spacial score (nSPS) is 19.0. The van der Waals surface area contributed by atoms with E-state index in [1.807, 2.05) is 37.1 Å². The van der Waals surface area contributed by atoms with Crippen LogP contribution in [0.15, 0.2) is 24.5 Å². The summed E-state index contributed by atoms with van der Waals surface area (Å²) in [5.41, 5.74) is 3.31. The van der Waals surface area contributed by atoms with Crippen molar-refractivity contribution in [1.82, 2.24) is 24.6 Å². The van der Waals surface area contributed by atoms with Crippen LogP contribution in [0.5, 0.6) is 0 Å². The molecule has 0 radical (unpaired) electrons. The third kappa shape index (κ3) is 3.14. The fourth-order valence-corrected chi connectivity index (χ4v) is 4.40. The first kappa shape index (κ1) is 15.5. The smallest absolute Gasteiger partial charge is 0.185 e. The first-order valence-corrected chi connectivity index (χ1v) is 9.18. The molecule has 0 unspecified atom stereocenters. The zero-order chi connectivity index (χ0) is 16.5. The Morgan fingerprint density at radius 3 is 3.12 bits per heavy atom. The predicted molar refractivity (Wildman–Crippen MR) is 97.3 cm³/mol. The van der Waals surface area contributed by atoms with E-state index in [0.29, 0.717) is 6.04 Å². The number of piperidine rings is 1. The Kier molecular flexibility index (Phi) is 4.20. The Morgan fingerprint density at radius 1 is 1.42 bits per heavy atom. The molecule has 3 aromatic rings. The molecule has 0 bridgehead atoms. The molecule has 7 heteroatoms. The molecule has 1 N–H and O–H groups in total. The van der Waals surface area contributed by atoms with Gasteiger partial charge in [-0.15, -0.1) is 0 Å². The van der Waals surface area contributed by atoms with Gasteiger partial charge in [-0.2, -0.15) is 5.10 Å². The van der Waals surface area contributed by atoms with Gasteiger partial charge in [0.25, 0.3) is 0 Å². The fraction of sp³-hybridized carbons (Fsp3) is 0.471. The molecule has 4 heterocycles. The van der Waals surface area contributed by atoms with Gasteiger partial charge in [-0.3, -0.25) is 9.88 Å². The van der Waals surface area contributed by atoms with Gasteiger partial charge in [-0.25, -0.2) is 9.67 Å². The van der Waals surface area contributed by atoms with Crippen LogP contribution in [-0.4, -0.2) is 43.8 Å². The Balaban J connectivity index is 1.43. The highest BCUT2D eigenvalue weighted by Crippen LogP contribution is 2.29. The molecular weight excluding hydrogens is 320 g/mol. The molecule has 126 valence electrons. The van der Waals surface area contributed by atoms with E-state index >= 15 is 0 Å². The van der Waals surface area contributed by atoms with Crippen molar-refractivity contribution in [3.8, 4) is 0 Å². The molecule has 1 fully saturated rings. The van der Waals surface area contributed by atoms with Crippen molar-refractivity contribution in [2.45, 2.75) is 32.4 Å². The van der Waals surface area contributed by atoms with Crippen LogP contribution in [0.4, 0.5) is 5.13 Å². The number of hydrogen-bond donors (Lipinski definition) is 1. The van der Waals surface area contributed by atoms with Crippen LogP contribution in [0.3, 0.4) is 0 Å². The number of thiazole rings is 1. The van der Waals surface area contributed by atoms with Crippen LogP contribution in [0, 0.1) is 6.92 Å². The number of fused-ring (bicyclic) bond motifs is 1. The summed E-state index contributed by atoms with van der Waals surface area (Å²) in [7, 11) is 1.95. The van der Waals surface area contributed by atoms with Gasteiger partial charge in [-0.1, -0.05) is 17.4 Å². The van der Waals surface area contributed by atoms with Crippen LogP contribution >= 0.6 is 11.3 Å². The zero-order valence-electron chi connectivity index (χ0n) is 14.1. The minimum absolute atomic E-state index is 0.448. The van der Waals surface area contributed by atoms with Crippen LogP contribution in [0.25, 0.3) is 10.3 Å². The van der Waals surface area contributed by atoms with Gasteiger partial charge in [-0.05, 0) is 37.9 Å². The van der Waals surface area contributed by atoms with E-state index in [-0.39, 0.29) is 0 Å². The predicted octanol–water partition coefficient (Wildman–Crippen LogP) is 2.81. The van der Waals surface area contributed by atoms with Crippen LogP contribution in [0.2, 0.25) is 0 Å². The number of likely N-dealkylation sites (tertiary alicyclic amines) is 1. The standard InChI is InChI=1S/C17H22N6S/c1-12-15-16(22(2)21-12)20-17(24-15)19-14-6-4-8-23(11-14)10-13-5-3-7-18-9-13/h3,5,7,9,14H,4,6,8,10-11H2,1-2H3,(H,19,20)/t14-/m0/s1. The molecule has 1 aliphatic heterocycles. The molecule has 1 aliphatic rings. The highest BCUT2D eigenvalue weighted by Gasteiger charge is 2.21. The molecule has 0 spiro atoms. The minimum atomic E-state index is 0.448. The highest BCUT2D eigenvalue weighted by atomic mass is 32.1. The van der Waals surface area contributed by atoms with Gasteiger partial charge in [0.2, 0.25) is 0 Å². The molecule has 4 rings (SSSR count). The number of nitrogens with one attached hydrogen (secondary N) is 1. The first-order valence-electron chi connectivity index (χ1n) is 8.37. The van der Waals surface area contributed by atoms with E-state index < -0.39 is 0 Å². The lowest BCUT2D eigenvalue weighted by Crippen LogP contribution is -2.41. The van der Waals surface area contributed by atoms with Gasteiger partial charge in [0, 0.05) is 38.6 Å². The number of aromatic nitrogens is 4. The van der Waals surface area contributed by atoms with Gasteiger partial charge < -0.3 is 5.32 Å². The van der Waals surface area contributed by atoms with Crippen LogP contribution in [0.1, 0.15) is 24.1 Å². The summed E-state index contributed by atoms with van der Waals surface area (Å²) >= 11 is 1.71. The van der Waals surface area contributed by atoms with Gasteiger partial charge in [0.05, 0.1) is 10.4 Å². The number of aryl methyl sites for hydroxylation is 2. The second kappa shape index (κ2) is 6.49. The lowest BCUT2D eigenvalue weighted by Gasteiger charge is -2.33. The summed E-state index contributed by atoms with van der Waals surface area (Å²) in [6, 6.07) is 4.60. The number of hydrogen-bond acceptors (Lipinski definition) is 6. The van der Waals surface area contributed by atoms with Gasteiger partial charge >= 0.3 is 0 Å². The van der Waals surface area contributed by atoms with E-state index in [0.717, 1.165) is 36.1 Å². The summed E-state index contributed by atoms with van der Waals surface area (Å²) in [6.07, 6.45) is 6.19. The van der Waals surface area contributed by atoms with Crippen molar-refractivity contribution >= 4 is 26.8 Å². The number of pyridine rings is 1. The molecular formula is C17H22N6S. The molecule has 0 amide bonds. The zero-order valence-corrected chi connectivity index (χ0v) is 14.9. The Hall–Kier alpha value is -1.99. The summed E-state index contributed by atoms with van der Waals surface area (Å²) < 4.78 is 3.05. The molecule has 0 aromatic carbocycles. The lowest BCUT2D eigenvalue weighted by atomic mass is 10.1. The largest absolute Gasteiger partial charge is 0.357 e. The van der Waals surface area contributed by atoms with Crippen molar-refractivity contribution in [1.29, 1.82) is 0 Å². The number of nitrogens with zero attached hydrogens (tertiary/aromatic N) is 5. The minimum Gasteiger partial charge on any atom is -0.357 e. The molecule has 0 aliphatic carbocycles. The SMILES string of the molecule is Cc1nn(C)c2nc(N[C@H]3CCCN(Cc4cccnc4)C3)sc12. The van der Waals surface area contributed by atoms with Crippen LogP contribution in [-0.2, 0) is 13.6 Å². The topological polar surface area (TPSA) is 58.9 Å². The molecule has 0 saturated carbocycles. The first-order chi connectivity index (χ1) is 11.7. The third-order valence-corrected chi connectivity index (χ3v) is 5.59. The molecule has 24 heavy (non-hydrogen) atoms. The molecule has 6 nitrogen and oxygen atoms in total. The van der Waals surface area contributed by atoms with Crippen molar-refractivity contribution in [3.05, 3.63) is 35.8 Å². The summed E-state index contributed by atoms with van der Waals surface area (Å²) in [4.78, 5) is 11.4. The maximum atomic E-state index is 4.72. The van der Waals surface area contributed by atoms with Crippen molar-refractivity contribution in [2.75, 3.05) is 18.4 Å². The monoisotopic (exact) mass is 342 g/mol. The Labute approximate surface area is 145 Å². The second-order valence-corrected chi connectivity index (χ2v) is 7.46. The fourth-order valence-electron chi connectivity index (χ4n) is 3.39. The van der Waals surface area contributed by atoms with E-state index in [9.17, 15) is 0 Å². The maximum absolute atomic E-state index is 4.72. The third-order valence-electron chi connectivity index (χ3n) is 4.51. The highest BCUT2D eigenvalue weighted by molar-refractivity contribution is 7.22. The number of rotatable bonds is 4. The van der Waals surface area contributed by atoms with E-state index in [1.165, 1.54) is 23.1 Å². The number of anilines is 1. The molecule has 3 aromatic heterocycles. The van der Waals surface area contributed by atoms with E-state index in [2.05, 4.69) is 26.4 Å². The Morgan fingerprint density at radius 2 is 2.33 bits per heavy atom. The van der Waals surface area contributed by atoms with Gasteiger partial charge in [0.1, 0.15) is 0 Å². The average molecular weight is 342 g/mol. The summed E-state index contributed by atoms with van der Waals surface area (Å²) in [6.45, 7) is 5.20. The van der Waals surface area contributed by atoms with Crippen LogP contribution < -0.4 is 5.32 Å². The van der Waals surface area contributed by atoms with Crippen molar-refractivity contribution in [2.24, 2.45) is 7.05 Å². The second-order valence-electron chi connectivity index (χ2n) is 6.46. The lowest BCUT2D eigenvalue weighted by molar-refractivity contribution is 0.208.